The highest BCUT2D eigenvalue weighted by atomic mass is 35.5. The van der Waals surface area contributed by atoms with Crippen molar-refractivity contribution in [3.8, 4) is 5.75 Å². The van der Waals surface area contributed by atoms with Gasteiger partial charge in [0.1, 0.15) is 5.75 Å². The van der Waals surface area contributed by atoms with Gasteiger partial charge in [0.2, 0.25) is 0 Å². The van der Waals surface area contributed by atoms with E-state index in [2.05, 4.69) is 58.2 Å². The number of carbonyl (C=O) groups excluding carboxylic acids is 1. The largest absolute Gasteiger partial charge is 0.482 e. The third-order valence-electron chi connectivity index (χ3n) is 6.85. The van der Waals surface area contributed by atoms with Crippen LogP contribution in [0.3, 0.4) is 0 Å². The van der Waals surface area contributed by atoms with Crippen LogP contribution < -0.4 is 9.46 Å². The molecule has 0 unspecified atom stereocenters. The average Bonchev–Trinajstić information content (AvgIpc) is 2.98. The fourth-order valence-corrected chi connectivity index (χ4v) is 6.22. The third kappa shape index (κ3) is 6.65. The van der Waals surface area contributed by atoms with E-state index in [0.717, 1.165) is 13.1 Å². The molecule has 1 amide bonds. The quantitative estimate of drug-likeness (QED) is 0.287. The summed E-state index contributed by atoms with van der Waals surface area (Å²) in [4.78, 5) is 17.2. The van der Waals surface area contributed by atoms with E-state index in [4.69, 9.17) is 16.3 Å². The van der Waals surface area contributed by atoms with Crippen LogP contribution in [0.1, 0.15) is 17.2 Å². The summed E-state index contributed by atoms with van der Waals surface area (Å²) in [6, 6.07) is 33.7. The Labute approximate surface area is 240 Å². The lowest BCUT2D eigenvalue weighted by molar-refractivity contribution is -0.135. The third-order valence-corrected chi connectivity index (χ3v) is 8.53. The summed E-state index contributed by atoms with van der Waals surface area (Å²) < 4.78 is 33.6. The Morgan fingerprint density at radius 1 is 0.800 bits per heavy atom. The fourth-order valence-electron chi connectivity index (χ4n) is 4.83. The minimum Gasteiger partial charge on any atom is -0.482 e. The molecule has 4 aromatic carbocycles. The fraction of sp³-hybridized carbons (Fsp3) is 0.194. The molecule has 0 aliphatic carbocycles. The van der Waals surface area contributed by atoms with E-state index in [1.165, 1.54) is 29.3 Å². The van der Waals surface area contributed by atoms with E-state index in [1.54, 1.807) is 35.2 Å². The number of ether oxygens (including phenoxy) is 1. The molecular formula is C31H30ClN3O4S. The predicted molar refractivity (Wildman–Crippen MR) is 157 cm³/mol. The van der Waals surface area contributed by atoms with Crippen LogP contribution in [-0.2, 0) is 14.8 Å². The number of hydrogen-bond donors (Lipinski definition) is 1. The maximum absolute atomic E-state index is 13.0. The molecule has 206 valence electrons. The van der Waals surface area contributed by atoms with E-state index in [0.29, 0.717) is 18.8 Å². The first-order chi connectivity index (χ1) is 19.4. The van der Waals surface area contributed by atoms with Crippen molar-refractivity contribution in [2.75, 3.05) is 37.5 Å². The van der Waals surface area contributed by atoms with Gasteiger partial charge in [-0.3, -0.25) is 14.4 Å². The molecule has 1 aliphatic rings. The molecule has 40 heavy (non-hydrogen) atoms. The van der Waals surface area contributed by atoms with E-state index >= 15 is 0 Å². The summed E-state index contributed by atoms with van der Waals surface area (Å²) in [7, 11) is -3.82. The minimum atomic E-state index is -3.82. The highest BCUT2D eigenvalue weighted by Crippen LogP contribution is 2.30. The number of carbonyl (C=O) groups is 1. The molecule has 1 saturated heterocycles. The molecule has 0 aromatic heterocycles. The van der Waals surface area contributed by atoms with Crippen LogP contribution in [0.25, 0.3) is 0 Å². The van der Waals surface area contributed by atoms with Crippen molar-refractivity contribution in [3.05, 3.63) is 125 Å². The number of halogens is 1. The van der Waals surface area contributed by atoms with Crippen molar-refractivity contribution in [2.45, 2.75) is 10.9 Å². The zero-order valence-electron chi connectivity index (χ0n) is 21.8. The summed E-state index contributed by atoms with van der Waals surface area (Å²) in [5, 5.41) is 0.113. The zero-order valence-corrected chi connectivity index (χ0v) is 23.4. The highest BCUT2D eigenvalue weighted by Gasteiger charge is 2.28. The summed E-state index contributed by atoms with van der Waals surface area (Å²) in [5.74, 6) is 0.106. The number of benzene rings is 4. The van der Waals surface area contributed by atoms with Crippen LogP contribution in [0, 0.1) is 0 Å². The van der Waals surface area contributed by atoms with E-state index < -0.39 is 10.0 Å². The van der Waals surface area contributed by atoms with Crippen molar-refractivity contribution in [1.82, 2.24) is 9.80 Å². The predicted octanol–water partition coefficient (Wildman–Crippen LogP) is 5.45. The number of anilines is 1. The number of nitrogens with zero attached hydrogens (tertiary/aromatic N) is 2. The second-order valence-electron chi connectivity index (χ2n) is 9.49. The van der Waals surface area contributed by atoms with Gasteiger partial charge in [-0.25, -0.2) is 8.42 Å². The first-order valence-corrected chi connectivity index (χ1v) is 14.9. The number of amides is 1. The maximum atomic E-state index is 13.0. The van der Waals surface area contributed by atoms with Crippen LogP contribution in [-0.4, -0.2) is 56.9 Å². The number of para-hydroxylation sites is 1. The minimum absolute atomic E-state index is 0.00235. The van der Waals surface area contributed by atoms with Crippen LogP contribution in [0.2, 0.25) is 5.02 Å². The van der Waals surface area contributed by atoms with Gasteiger partial charge in [0.05, 0.1) is 16.0 Å². The van der Waals surface area contributed by atoms with Gasteiger partial charge in [0.25, 0.3) is 15.9 Å². The Bertz CT molecular complexity index is 1490. The SMILES string of the molecule is O=C(COc1ccc(S(=O)(=O)Nc2ccccc2)cc1Cl)N1CCN(C(c2ccccc2)c2ccccc2)CC1. The smallest absolute Gasteiger partial charge is 0.261 e. The molecule has 1 fully saturated rings. The molecule has 0 atom stereocenters. The Hall–Kier alpha value is -3.85. The first kappa shape index (κ1) is 27.7. The Morgan fingerprint density at radius 2 is 1.35 bits per heavy atom. The van der Waals surface area contributed by atoms with Gasteiger partial charge in [0, 0.05) is 31.9 Å². The number of sulfonamides is 1. The van der Waals surface area contributed by atoms with Crippen LogP contribution in [0.5, 0.6) is 5.75 Å². The van der Waals surface area contributed by atoms with Gasteiger partial charge in [-0.2, -0.15) is 0 Å². The molecular weight excluding hydrogens is 546 g/mol. The molecule has 0 radical (unpaired) electrons. The lowest BCUT2D eigenvalue weighted by Crippen LogP contribution is -2.51. The van der Waals surface area contributed by atoms with Crippen molar-refractivity contribution >= 4 is 33.2 Å². The molecule has 9 heteroatoms. The van der Waals surface area contributed by atoms with Crippen LogP contribution >= 0.6 is 11.6 Å². The Balaban J connectivity index is 1.18. The number of rotatable bonds is 9. The maximum Gasteiger partial charge on any atom is 0.261 e. The number of hydrogen-bond acceptors (Lipinski definition) is 5. The van der Waals surface area contributed by atoms with Gasteiger partial charge < -0.3 is 9.64 Å². The Kier molecular flexibility index (Phi) is 8.69. The van der Waals surface area contributed by atoms with Gasteiger partial charge in [0.15, 0.2) is 6.61 Å². The van der Waals surface area contributed by atoms with E-state index in [-0.39, 0.29) is 34.2 Å². The van der Waals surface area contributed by atoms with Crippen molar-refractivity contribution in [1.29, 1.82) is 0 Å². The summed E-state index contributed by atoms with van der Waals surface area (Å²) in [6.07, 6.45) is 0. The molecule has 4 aromatic rings. The zero-order chi connectivity index (χ0) is 28.0. The molecule has 1 aliphatic heterocycles. The highest BCUT2D eigenvalue weighted by molar-refractivity contribution is 7.92. The molecule has 0 spiro atoms. The van der Waals surface area contributed by atoms with Gasteiger partial charge >= 0.3 is 0 Å². The lowest BCUT2D eigenvalue weighted by Gasteiger charge is -2.39. The van der Waals surface area contributed by atoms with Gasteiger partial charge in [-0.05, 0) is 41.5 Å². The lowest BCUT2D eigenvalue weighted by atomic mass is 9.96. The van der Waals surface area contributed by atoms with Crippen molar-refractivity contribution in [3.63, 3.8) is 0 Å². The van der Waals surface area contributed by atoms with E-state index in [1.807, 2.05) is 12.1 Å². The summed E-state index contributed by atoms with van der Waals surface area (Å²) >= 11 is 6.33. The molecule has 0 saturated carbocycles. The van der Waals surface area contributed by atoms with Gasteiger partial charge in [-0.15, -0.1) is 0 Å². The average molecular weight is 576 g/mol. The van der Waals surface area contributed by atoms with Crippen molar-refractivity contribution < 1.29 is 17.9 Å². The standard InChI is InChI=1S/C31H30ClN3O4S/c32-28-22-27(40(37,38)33-26-14-8-3-9-15-26)16-17-29(28)39-23-30(36)34-18-20-35(21-19-34)31(24-10-4-1-5-11-24)25-12-6-2-7-13-25/h1-17,22,31,33H,18-21,23H2. The normalized spacial score (nSPS) is 14.2. The summed E-state index contributed by atoms with van der Waals surface area (Å²) in [6.45, 7) is 2.42. The summed E-state index contributed by atoms with van der Waals surface area (Å²) in [5.41, 5.74) is 2.88. The van der Waals surface area contributed by atoms with Gasteiger partial charge in [-0.1, -0.05) is 90.5 Å². The molecule has 1 N–H and O–H groups in total. The number of nitrogens with one attached hydrogen (secondary N) is 1. The second kappa shape index (κ2) is 12.6. The van der Waals surface area contributed by atoms with Crippen molar-refractivity contribution in [2.24, 2.45) is 0 Å². The topological polar surface area (TPSA) is 78.9 Å². The molecule has 5 rings (SSSR count). The van der Waals surface area contributed by atoms with E-state index in [9.17, 15) is 13.2 Å². The molecule has 1 heterocycles. The Morgan fingerprint density at radius 3 is 1.90 bits per heavy atom. The number of piperazine rings is 1. The first-order valence-electron chi connectivity index (χ1n) is 13.0. The molecule has 7 nitrogen and oxygen atoms in total. The monoisotopic (exact) mass is 575 g/mol. The second-order valence-corrected chi connectivity index (χ2v) is 11.6. The van der Waals surface area contributed by atoms with Crippen LogP contribution in [0.15, 0.2) is 114 Å². The molecule has 0 bridgehead atoms. The van der Waals surface area contributed by atoms with Crippen LogP contribution in [0.4, 0.5) is 5.69 Å².